The number of carboxylic acid groups (broad SMARTS) is 1. The van der Waals surface area contributed by atoms with E-state index in [-0.39, 0.29) is 5.75 Å². The Hall–Kier alpha value is -1.88. The molecule has 0 saturated heterocycles. The molecular formula is C14H12N2O2S. The van der Waals surface area contributed by atoms with Gasteiger partial charge < -0.3 is 5.11 Å². The summed E-state index contributed by atoms with van der Waals surface area (Å²) in [7, 11) is 0. The zero-order valence-electron chi connectivity index (χ0n) is 10.2. The van der Waals surface area contributed by atoms with Gasteiger partial charge in [0.15, 0.2) is 0 Å². The maximum Gasteiger partial charge on any atom is 0.313 e. The van der Waals surface area contributed by atoms with Gasteiger partial charge in [-0.25, -0.2) is 9.97 Å². The predicted molar refractivity (Wildman–Crippen MR) is 73.2 cm³/mol. The quantitative estimate of drug-likeness (QED) is 0.686. The first-order chi connectivity index (χ1) is 9.25. The van der Waals surface area contributed by atoms with Gasteiger partial charge in [-0.3, -0.25) is 4.79 Å². The van der Waals surface area contributed by atoms with Crippen LogP contribution in [0.5, 0.6) is 0 Å². The fraction of sp³-hybridized carbons (Fsp3) is 0.214. The Morgan fingerprint density at radius 3 is 2.95 bits per heavy atom. The fourth-order valence-electron chi connectivity index (χ4n) is 2.34. The molecule has 0 saturated carbocycles. The third kappa shape index (κ3) is 2.33. The van der Waals surface area contributed by atoms with E-state index in [1.165, 1.54) is 23.7 Å². The molecule has 1 aliphatic carbocycles. The van der Waals surface area contributed by atoms with Crippen LogP contribution in [0.1, 0.15) is 11.1 Å². The number of benzene rings is 1. The molecular weight excluding hydrogens is 260 g/mol. The summed E-state index contributed by atoms with van der Waals surface area (Å²) in [5.74, 6) is -0.793. The summed E-state index contributed by atoms with van der Waals surface area (Å²) < 4.78 is 0. The number of hydrogen-bond donors (Lipinski definition) is 1. The van der Waals surface area contributed by atoms with Crippen molar-refractivity contribution in [3.05, 3.63) is 41.7 Å². The number of aliphatic carboxylic acids is 1. The predicted octanol–water partition coefficient (Wildman–Crippen LogP) is 2.42. The van der Waals surface area contributed by atoms with E-state index in [1.54, 1.807) is 0 Å². The second-order valence-electron chi connectivity index (χ2n) is 4.35. The number of rotatable bonds is 3. The van der Waals surface area contributed by atoms with Crippen molar-refractivity contribution in [2.75, 3.05) is 5.75 Å². The lowest BCUT2D eigenvalue weighted by Crippen LogP contribution is -2.09. The molecule has 4 nitrogen and oxygen atoms in total. The third-order valence-corrected chi connectivity index (χ3v) is 4.17. The second kappa shape index (κ2) is 5.01. The molecule has 0 atom stereocenters. The Balaban J connectivity index is 2.03. The first-order valence-corrected chi connectivity index (χ1v) is 7.01. The molecule has 1 aliphatic rings. The Morgan fingerprint density at radius 1 is 1.26 bits per heavy atom. The summed E-state index contributed by atoms with van der Waals surface area (Å²) in [6.45, 7) is 0. The van der Waals surface area contributed by atoms with Crippen LogP contribution < -0.4 is 0 Å². The molecule has 96 valence electrons. The Morgan fingerprint density at radius 2 is 2.11 bits per heavy atom. The van der Waals surface area contributed by atoms with Crippen LogP contribution in [-0.2, 0) is 17.6 Å². The van der Waals surface area contributed by atoms with Gasteiger partial charge in [0.1, 0.15) is 11.4 Å². The lowest BCUT2D eigenvalue weighted by molar-refractivity contribution is -0.133. The van der Waals surface area contributed by atoms with E-state index in [9.17, 15) is 4.79 Å². The van der Waals surface area contributed by atoms with Crippen molar-refractivity contribution in [2.45, 2.75) is 17.9 Å². The van der Waals surface area contributed by atoms with Crippen LogP contribution in [-0.4, -0.2) is 26.8 Å². The van der Waals surface area contributed by atoms with E-state index >= 15 is 0 Å². The van der Waals surface area contributed by atoms with Gasteiger partial charge in [0.05, 0.1) is 11.4 Å². The molecule has 0 aliphatic heterocycles. The van der Waals surface area contributed by atoms with Crippen LogP contribution in [0.3, 0.4) is 0 Å². The molecule has 2 aromatic rings. The third-order valence-electron chi connectivity index (χ3n) is 3.16. The topological polar surface area (TPSA) is 63.1 Å². The minimum atomic E-state index is -0.825. The monoisotopic (exact) mass is 272 g/mol. The van der Waals surface area contributed by atoms with Crippen molar-refractivity contribution in [3.63, 3.8) is 0 Å². The van der Waals surface area contributed by atoms with Crippen LogP contribution in [0.15, 0.2) is 35.6 Å². The van der Waals surface area contributed by atoms with Gasteiger partial charge in [-0.15, -0.1) is 0 Å². The van der Waals surface area contributed by atoms with Crippen LogP contribution in [0.2, 0.25) is 0 Å². The fourth-order valence-corrected chi connectivity index (χ4v) is 3.09. The van der Waals surface area contributed by atoms with E-state index in [1.807, 2.05) is 12.1 Å². The number of aryl methyl sites for hydroxylation is 1. The number of thioether (sulfide) groups is 1. The highest BCUT2D eigenvalue weighted by Gasteiger charge is 2.20. The van der Waals surface area contributed by atoms with E-state index in [4.69, 9.17) is 5.11 Å². The molecule has 0 unspecified atom stereocenters. The Bertz CT molecular complexity index is 643. The van der Waals surface area contributed by atoms with Gasteiger partial charge in [-0.2, -0.15) is 0 Å². The van der Waals surface area contributed by atoms with Crippen LogP contribution in [0.25, 0.3) is 11.3 Å². The van der Waals surface area contributed by atoms with Crippen molar-refractivity contribution in [1.29, 1.82) is 0 Å². The van der Waals surface area contributed by atoms with Gasteiger partial charge in [-0.05, 0) is 18.4 Å². The van der Waals surface area contributed by atoms with E-state index in [2.05, 4.69) is 22.1 Å². The lowest BCUT2D eigenvalue weighted by atomic mass is 9.90. The van der Waals surface area contributed by atoms with Crippen LogP contribution >= 0.6 is 11.8 Å². The van der Waals surface area contributed by atoms with E-state index in [0.717, 1.165) is 34.7 Å². The number of aromatic nitrogens is 2. The average molecular weight is 272 g/mol. The molecule has 0 bridgehead atoms. The number of nitrogens with zero attached hydrogens (tertiary/aromatic N) is 2. The maximum absolute atomic E-state index is 10.7. The molecule has 0 fully saturated rings. The molecule has 0 radical (unpaired) electrons. The highest BCUT2D eigenvalue weighted by atomic mass is 32.2. The van der Waals surface area contributed by atoms with Crippen LogP contribution in [0, 0.1) is 0 Å². The SMILES string of the molecule is O=C(O)CSc1ncnc2c1CCc1ccccc1-2. The standard InChI is InChI=1S/C14H12N2O2S/c17-12(18)7-19-14-11-6-5-9-3-1-2-4-10(9)13(11)15-8-16-14/h1-4,8H,5-7H2,(H,17,18). The van der Waals surface area contributed by atoms with Crippen LogP contribution in [0.4, 0.5) is 0 Å². The zero-order chi connectivity index (χ0) is 13.2. The molecule has 0 spiro atoms. The highest BCUT2D eigenvalue weighted by molar-refractivity contribution is 7.99. The van der Waals surface area contributed by atoms with Crippen molar-refractivity contribution in [1.82, 2.24) is 9.97 Å². The van der Waals surface area contributed by atoms with E-state index in [0.29, 0.717) is 0 Å². The Labute approximate surface area is 114 Å². The number of carboxylic acids is 1. The van der Waals surface area contributed by atoms with Gasteiger partial charge in [0.25, 0.3) is 0 Å². The first-order valence-electron chi connectivity index (χ1n) is 6.02. The lowest BCUT2D eigenvalue weighted by Gasteiger charge is -2.20. The zero-order valence-corrected chi connectivity index (χ0v) is 11.0. The number of fused-ring (bicyclic) bond motifs is 3. The van der Waals surface area contributed by atoms with Crippen molar-refractivity contribution in [3.8, 4) is 11.3 Å². The van der Waals surface area contributed by atoms with Crippen molar-refractivity contribution in [2.24, 2.45) is 0 Å². The summed E-state index contributed by atoms with van der Waals surface area (Å²) in [6.07, 6.45) is 3.34. The molecule has 3 rings (SSSR count). The summed E-state index contributed by atoms with van der Waals surface area (Å²) in [5, 5.41) is 9.57. The average Bonchev–Trinajstić information content (AvgIpc) is 2.44. The highest BCUT2D eigenvalue weighted by Crippen LogP contribution is 2.35. The molecule has 1 heterocycles. The van der Waals surface area contributed by atoms with E-state index < -0.39 is 5.97 Å². The molecule has 19 heavy (non-hydrogen) atoms. The summed E-state index contributed by atoms with van der Waals surface area (Å²) in [6, 6.07) is 8.21. The van der Waals surface area contributed by atoms with Gasteiger partial charge in [0.2, 0.25) is 0 Å². The normalized spacial score (nSPS) is 12.6. The first kappa shape index (κ1) is 12.2. The smallest absolute Gasteiger partial charge is 0.313 e. The summed E-state index contributed by atoms with van der Waals surface area (Å²) in [4.78, 5) is 19.3. The molecule has 5 heteroatoms. The Kier molecular flexibility index (Phi) is 3.21. The van der Waals surface area contributed by atoms with Gasteiger partial charge in [-0.1, -0.05) is 36.0 Å². The minimum absolute atomic E-state index is 0.0328. The summed E-state index contributed by atoms with van der Waals surface area (Å²) in [5.41, 5.74) is 4.46. The minimum Gasteiger partial charge on any atom is -0.481 e. The molecule has 0 amide bonds. The summed E-state index contributed by atoms with van der Waals surface area (Å²) >= 11 is 1.27. The van der Waals surface area contributed by atoms with Crippen molar-refractivity contribution < 1.29 is 9.90 Å². The number of carbonyl (C=O) groups is 1. The largest absolute Gasteiger partial charge is 0.481 e. The molecule has 1 aromatic heterocycles. The van der Waals surface area contributed by atoms with Gasteiger partial charge >= 0.3 is 5.97 Å². The van der Waals surface area contributed by atoms with Crippen molar-refractivity contribution >= 4 is 17.7 Å². The second-order valence-corrected chi connectivity index (χ2v) is 5.31. The van der Waals surface area contributed by atoms with Gasteiger partial charge in [0, 0.05) is 11.1 Å². The molecule has 1 N–H and O–H groups in total. The molecule has 1 aromatic carbocycles. The number of hydrogen-bond acceptors (Lipinski definition) is 4. The maximum atomic E-state index is 10.7.